The molecule has 10 aromatic rings. The van der Waals surface area contributed by atoms with Crippen LogP contribution in [0.5, 0.6) is 0 Å². The third-order valence-electron chi connectivity index (χ3n) is 22.3. The lowest BCUT2D eigenvalue weighted by Crippen LogP contribution is -2.70. The monoisotopic (exact) mass is 1670 g/mol. The summed E-state index contributed by atoms with van der Waals surface area (Å²) in [5.41, 5.74) is 7.09. The first-order valence-electron chi connectivity index (χ1n) is 42.9. The summed E-state index contributed by atoms with van der Waals surface area (Å²) in [5.74, 6) is -0.852. The van der Waals surface area contributed by atoms with Crippen molar-refractivity contribution >= 4 is 30.6 Å². The number of hydrogen-bond donors (Lipinski definition) is 0. The first kappa shape index (κ1) is 90.5. The van der Waals surface area contributed by atoms with Crippen LogP contribution < -0.4 is 10.4 Å². The third kappa shape index (κ3) is 26.2. The molecule has 10 aromatic carbocycles. The number of esters is 2. The molecular weight excluding hydrogens is 1560 g/mol. The van der Waals surface area contributed by atoms with E-state index in [0.717, 1.165) is 87.0 Å². The zero-order chi connectivity index (χ0) is 84.4. The molecule has 0 N–H and O–H groups in total. The summed E-state index contributed by atoms with van der Waals surface area (Å²) >= 11 is 0. The smallest absolute Gasteiger partial charge is 0.305 e. The topological polar surface area (TPSA) is 191 Å². The fourth-order valence-corrected chi connectivity index (χ4v) is 20.7. The minimum Gasteiger partial charge on any atom is -0.469 e. The molecule has 0 aromatic heterocycles. The van der Waals surface area contributed by atoms with Crippen molar-refractivity contribution in [3.63, 3.8) is 0 Å². The third-order valence-corrected chi connectivity index (χ3v) is 27.3. The van der Waals surface area contributed by atoms with Gasteiger partial charge in [0.25, 0.3) is 8.32 Å². The first-order valence-corrected chi connectivity index (χ1v) is 44.8. The van der Waals surface area contributed by atoms with Crippen molar-refractivity contribution in [2.24, 2.45) is 0 Å². The van der Waals surface area contributed by atoms with E-state index < -0.39 is 111 Å². The number of carbonyl (C=O) groups excluding carboxylic acids is 2. The maximum absolute atomic E-state index is 14.4. The molecule has 0 amide bonds. The minimum atomic E-state index is -3.39. The lowest BCUT2D eigenvalue weighted by molar-refractivity contribution is -0.401. The Morgan fingerprint density at radius 2 is 0.607 bits per heavy atom. The summed E-state index contributed by atoms with van der Waals surface area (Å²) in [5, 5.41) is 1.66. The Morgan fingerprint density at radius 3 is 0.975 bits per heavy atom. The molecule has 3 aliphatic rings. The van der Waals surface area contributed by atoms with E-state index in [2.05, 4.69) is 69.3 Å². The van der Waals surface area contributed by atoms with E-state index in [1.807, 2.05) is 255 Å². The Bertz CT molecular complexity index is 4530. The quantitative estimate of drug-likeness (QED) is 0.0199. The standard InChI is InChI=1S/C102H118O19Si/c1-75(103)116-97-93(112-69-81-52-30-15-31-53-81)90(109-66-78-46-24-12-25-47-78)86(72-106-64-76-42-20-10-21-43-76)118-100(97)121-98-94(113-70-82-54-32-16-33-55-82)91(110-67-79-48-26-13-27-49-79)87(73-107-65-77-44-22-11-23-45-77)119-101(98)120-95-92(111-68-80-50-28-14-29-51-80)88(74-115-122(102(2,3)4,84-58-36-18-37-59-84)85-60-38-19-39-61-85)117-99(96(95)114-71-83-56-34-17-35-57-83)108-63-41-9-7-6-8-40-62-89(104)105-5/h10-39,42-61,86-88,90-101H,6-9,40-41,62-74H2,1-5H3/t86-,87-,88-,90-,91-,92-,93+,94+,95+,96+,97+,98+,99-,100-,101-/m1/s1. The maximum Gasteiger partial charge on any atom is 0.305 e. The van der Waals surface area contributed by atoms with Crippen LogP contribution in [-0.2, 0) is 143 Å². The van der Waals surface area contributed by atoms with Gasteiger partial charge in [0, 0.05) is 20.0 Å². The fraction of sp³-hybridized carbons (Fsp3) is 0.392. The zero-order valence-corrected chi connectivity index (χ0v) is 71.7. The van der Waals surface area contributed by atoms with Gasteiger partial charge in [-0.15, -0.1) is 0 Å². The molecule has 0 radical (unpaired) electrons. The van der Waals surface area contributed by atoms with Gasteiger partial charge in [-0.3, -0.25) is 9.59 Å². The summed E-state index contributed by atoms with van der Waals surface area (Å²) in [7, 11) is -1.97. The Balaban J connectivity index is 0.987. The van der Waals surface area contributed by atoms with Crippen LogP contribution in [0.3, 0.4) is 0 Å². The number of ether oxygens (including phenoxy) is 16. The lowest BCUT2D eigenvalue weighted by Gasteiger charge is -2.52. The van der Waals surface area contributed by atoms with Gasteiger partial charge in [-0.2, -0.15) is 0 Å². The molecule has 0 aliphatic carbocycles. The first-order chi connectivity index (χ1) is 59.8. The Labute approximate surface area is 720 Å². The highest BCUT2D eigenvalue weighted by Crippen LogP contribution is 2.42. The van der Waals surface area contributed by atoms with Gasteiger partial charge < -0.3 is 80.2 Å². The van der Waals surface area contributed by atoms with Gasteiger partial charge in [0.05, 0.1) is 79.8 Å². The van der Waals surface area contributed by atoms with E-state index in [0.29, 0.717) is 12.8 Å². The predicted molar refractivity (Wildman–Crippen MR) is 467 cm³/mol. The second kappa shape index (κ2) is 47.6. The van der Waals surface area contributed by atoms with Gasteiger partial charge in [0.15, 0.2) is 25.0 Å². The Morgan fingerprint density at radius 1 is 0.311 bits per heavy atom. The highest BCUT2D eigenvalue weighted by atomic mass is 28.4. The molecule has 20 heteroatoms. The second-order valence-corrected chi connectivity index (χ2v) is 36.6. The van der Waals surface area contributed by atoms with Crippen LogP contribution in [0.25, 0.3) is 0 Å². The van der Waals surface area contributed by atoms with E-state index >= 15 is 0 Å². The van der Waals surface area contributed by atoms with Gasteiger partial charge in [-0.25, -0.2) is 0 Å². The summed E-state index contributed by atoms with van der Waals surface area (Å²) in [6.45, 7) is 9.22. The Hall–Kier alpha value is -9.24. The van der Waals surface area contributed by atoms with Gasteiger partial charge in [0.1, 0.15) is 67.1 Å². The van der Waals surface area contributed by atoms with Gasteiger partial charge in [0.2, 0.25) is 0 Å². The molecule has 3 fully saturated rings. The van der Waals surface area contributed by atoms with Crippen LogP contribution in [0.1, 0.15) is 117 Å². The number of methoxy groups -OCH3 is 1. The molecule has 644 valence electrons. The average Bonchev–Trinajstić information content (AvgIpc) is 0.745. The molecule has 3 heterocycles. The molecule has 0 saturated carbocycles. The molecule has 19 nitrogen and oxygen atoms in total. The molecule has 0 spiro atoms. The van der Waals surface area contributed by atoms with Crippen molar-refractivity contribution in [2.75, 3.05) is 33.5 Å². The number of hydrogen-bond acceptors (Lipinski definition) is 19. The lowest BCUT2D eigenvalue weighted by atomic mass is 9.95. The zero-order valence-electron chi connectivity index (χ0n) is 70.7. The molecule has 0 bridgehead atoms. The molecule has 3 aliphatic heterocycles. The minimum absolute atomic E-state index is 0.0192. The Kier molecular flexibility index (Phi) is 35.3. The van der Waals surface area contributed by atoms with E-state index in [4.69, 9.17) is 80.2 Å². The maximum atomic E-state index is 14.4. The van der Waals surface area contributed by atoms with E-state index in [1.165, 1.54) is 14.0 Å². The molecule has 122 heavy (non-hydrogen) atoms. The van der Waals surface area contributed by atoms with Crippen LogP contribution in [0.2, 0.25) is 5.04 Å². The van der Waals surface area contributed by atoms with Crippen LogP contribution in [0.15, 0.2) is 303 Å². The summed E-state index contributed by atoms with van der Waals surface area (Å²) in [6.07, 6.45) is -12.3. The van der Waals surface area contributed by atoms with E-state index in [-0.39, 0.29) is 85.3 Å². The molecule has 15 atom stereocenters. The molecule has 3 saturated heterocycles. The van der Waals surface area contributed by atoms with Crippen LogP contribution >= 0.6 is 0 Å². The predicted octanol–water partition coefficient (Wildman–Crippen LogP) is 17.3. The van der Waals surface area contributed by atoms with Crippen molar-refractivity contribution in [1.29, 1.82) is 0 Å². The normalized spacial score (nSPS) is 23.0. The van der Waals surface area contributed by atoms with Crippen molar-refractivity contribution < 1.29 is 89.8 Å². The van der Waals surface area contributed by atoms with E-state index in [9.17, 15) is 9.59 Å². The van der Waals surface area contributed by atoms with Crippen LogP contribution in [0, 0.1) is 0 Å². The summed E-state index contributed by atoms with van der Waals surface area (Å²) < 4.78 is 124. The van der Waals surface area contributed by atoms with Gasteiger partial charge in [-0.05, 0) is 72.8 Å². The number of rotatable bonds is 46. The SMILES string of the molecule is COC(=O)CCCCCCCCO[C@@H]1O[C@H](CO[Si](c2ccccc2)(c2ccccc2)C(C)(C)C)[C@@H](OCc2ccccc2)[C@H](O[C@H]2O[C@H](COCc3ccccc3)[C@@H](OCc3ccccc3)[C@H](OCc3ccccc3)[C@@H]2O[C@H]2O[C@H](COCc3ccccc3)[C@@H](OCc3ccccc3)[C@H](OCc3ccccc3)[C@@H]2OC(C)=O)[C@@H]1OCc1ccccc1. The van der Waals surface area contributed by atoms with Crippen molar-refractivity contribution in [3.05, 3.63) is 348 Å². The molecule has 0 unspecified atom stereocenters. The fourth-order valence-electron chi connectivity index (χ4n) is 16.2. The number of unbranched alkanes of at least 4 members (excludes halogenated alkanes) is 5. The van der Waals surface area contributed by atoms with Crippen LogP contribution in [-0.4, -0.2) is 146 Å². The van der Waals surface area contributed by atoms with Crippen molar-refractivity contribution in [2.45, 2.75) is 223 Å². The van der Waals surface area contributed by atoms with E-state index in [1.54, 1.807) is 0 Å². The number of benzene rings is 10. The second-order valence-electron chi connectivity index (χ2n) is 32.3. The van der Waals surface area contributed by atoms with Gasteiger partial charge in [-0.1, -0.05) is 350 Å². The highest BCUT2D eigenvalue weighted by Gasteiger charge is 2.59. The molecule has 13 rings (SSSR count). The van der Waals surface area contributed by atoms with Crippen molar-refractivity contribution in [1.82, 2.24) is 0 Å². The molecular formula is C102H118O19Si. The number of carbonyl (C=O) groups is 2. The highest BCUT2D eigenvalue weighted by molar-refractivity contribution is 6.99. The largest absolute Gasteiger partial charge is 0.469 e. The summed E-state index contributed by atoms with van der Waals surface area (Å²) in [6, 6.07) is 100. The van der Waals surface area contributed by atoms with Crippen LogP contribution in [0.4, 0.5) is 0 Å². The summed E-state index contributed by atoms with van der Waals surface area (Å²) in [4.78, 5) is 26.5. The van der Waals surface area contributed by atoms with Gasteiger partial charge >= 0.3 is 11.9 Å². The van der Waals surface area contributed by atoms with Crippen molar-refractivity contribution in [3.8, 4) is 0 Å². The average molecular weight is 1680 g/mol.